The van der Waals surface area contributed by atoms with Gasteiger partial charge in [-0.15, -0.1) is 0 Å². The van der Waals surface area contributed by atoms with Crippen molar-refractivity contribution in [3.63, 3.8) is 0 Å². The number of nitrogens with zero attached hydrogens (tertiary/aromatic N) is 6. The minimum atomic E-state index is 0.00595. The lowest BCUT2D eigenvalue weighted by molar-refractivity contribution is -0.122. The van der Waals surface area contributed by atoms with Gasteiger partial charge in [0.25, 0.3) is 0 Å². The molecular formula is C34H41N7O4. The molecule has 2 aromatic carbocycles. The van der Waals surface area contributed by atoms with Crippen LogP contribution >= 0.6 is 0 Å². The molecule has 0 spiro atoms. The second-order valence-electron chi connectivity index (χ2n) is 11.8. The number of amides is 1. The molecule has 4 heterocycles. The first-order valence-electron chi connectivity index (χ1n) is 15.6. The van der Waals surface area contributed by atoms with Crippen molar-refractivity contribution in [2.24, 2.45) is 0 Å². The largest absolute Gasteiger partial charge is 0.497 e. The van der Waals surface area contributed by atoms with Crippen LogP contribution in [-0.4, -0.2) is 82.9 Å². The standard InChI is InChI=1S/C34H41N7O4/c1-24(2)29-20-32(38-34(37-29)41-13-11-35-23-41)40-15-14-39(12-10-25-4-7-28(43-3)8-5-25)27(22-40)19-33(42)36-21-26-6-9-30-31(18-26)45-17-16-44-30/h4-9,11,13,18,20,23-24,27H,10,12,14-17,19,21-22H2,1-3H3,(H,36,42). The number of carbonyl (C=O) groups is 1. The average molecular weight is 612 g/mol. The smallest absolute Gasteiger partial charge is 0.237 e. The molecule has 0 bridgehead atoms. The first-order chi connectivity index (χ1) is 21.9. The van der Waals surface area contributed by atoms with Gasteiger partial charge in [-0.25, -0.2) is 9.97 Å². The van der Waals surface area contributed by atoms with Crippen molar-refractivity contribution in [3.8, 4) is 23.2 Å². The highest BCUT2D eigenvalue weighted by Gasteiger charge is 2.30. The van der Waals surface area contributed by atoms with Crippen LogP contribution in [0, 0.1) is 0 Å². The minimum absolute atomic E-state index is 0.00595. The predicted octanol–water partition coefficient (Wildman–Crippen LogP) is 4.01. The number of hydrogen-bond donors (Lipinski definition) is 1. The summed E-state index contributed by atoms with van der Waals surface area (Å²) >= 11 is 0. The summed E-state index contributed by atoms with van der Waals surface area (Å²) in [5.41, 5.74) is 3.19. The molecule has 1 fully saturated rings. The summed E-state index contributed by atoms with van der Waals surface area (Å²) < 4.78 is 18.5. The fourth-order valence-corrected chi connectivity index (χ4v) is 5.73. The maximum atomic E-state index is 13.4. The Morgan fingerprint density at radius 1 is 1.02 bits per heavy atom. The van der Waals surface area contributed by atoms with Crippen LogP contribution in [0.3, 0.4) is 0 Å². The molecule has 2 aromatic heterocycles. The van der Waals surface area contributed by atoms with Gasteiger partial charge in [-0.05, 0) is 47.7 Å². The molecule has 2 aliphatic heterocycles. The second-order valence-corrected chi connectivity index (χ2v) is 11.8. The van der Waals surface area contributed by atoms with Crippen molar-refractivity contribution in [1.29, 1.82) is 0 Å². The lowest BCUT2D eigenvalue weighted by Gasteiger charge is -2.42. The van der Waals surface area contributed by atoms with Gasteiger partial charge in [-0.2, -0.15) is 4.98 Å². The molecule has 6 rings (SSSR count). The normalized spacial score (nSPS) is 16.5. The van der Waals surface area contributed by atoms with Crippen LogP contribution in [-0.2, 0) is 17.8 Å². The van der Waals surface area contributed by atoms with E-state index in [0.29, 0.717) is 38.7 Å². The number of aromatic nitrogens is 4. The number of imidazole rings is 1. The molecule has 0 saturated carbocycles. The van der Waals surface area contributed by atoms with E-state index in [0.717, 1.165) is 60.4 Å². The van der Waals surface area contributed by atoms with E-state index in [9.17, 15) is 4.79 Å². The van der Waals surface area contributed by atoms with Gasteiger partial charge in [0, 0.05) is 63.6 Å². The van der Waals surface area contributed by atoms with Gasteiger partial charge in [0.2, 0.25) is 11.9 Å². The van der Waals surface area contributed by atoms with Gasteiger partial charge >= 0.3 is 0 Å². The summed E-state index contributed by atoms with van der Waals surface area (Å²) in [5, 5.41) is 3.14. The van der Waals surface area contributed by atoms with Gasteiger partial charge in [0.1, 0.15) is 31.1 Å². The van der Waals surface area contributed by atoms with E-state index in [1.165, 1.54) is 5.56 Å². The number of hydrogen-bond acceptors (Lipinski definition) is 9. The molecule has 236 valence electrons. The Balaban J connectivity index is 1.17. The Morgan fingerprint density at radius 3 is 2.58 bits per heavy atom. The van der Waals surface area contributed by atoms with Crippen LogP contribution in [0.1, 0.15) is 43.0 Å². The van der Waals surface area contributed by atoms with Crippen molar-refractivity contribution in [3.05, 3.63) is 84.1 Å². The number of methoxy groups -OCH3 is 1. The molecule has 45 heavy (non-hydrogen) atoms. The fourth-order valence-electron chi connectivity index (χ4n) is 5.73. The van der Waals surface area contributed by atoms with Crippen LogP contribution in [0.5, 0.6) is 17.2 Å². The van der Waals surface area contributed by atoms with E-state index >= 15 is 0 Å². The number of piperazine rings is 1. The Kier molecular flexibility index (Phi) is 9.44. The zero-order chi connectivity index (χ0) is 31.2. The zero-order valence-corrected chi connectivity index (χ0v) is 26.2. The number of rotatable bonds is 11. The molecule has 1 atom stereocenters. The fraction of sp³-hybridized carbons (Fsp3) is 0.412. The van der Waals surface area contributed by atoms with Gasteiger partial charge in [0.15, 0.2) is 11.5 Å². The van der Waals surface area contributed by atoms with Crippen molar-refractivity contribution in [2.75, 3.05) is 51.4 Å². The summed E-state index contributed by atoms with van der Waals surface area (Å²) in [6.45, 7) is 8.92. The molecule has 0 radical (unpaired) electrons. The van der Waals surface area contributed by atoms with Crippen LogP contribution in [0.2, 0.25) is 0 Å². The average Bonchev–Trinajstić information content (AvgIpc) is 3.62. The summed E-state index contributed by atoms with van der Waals surface area (Å²) in [4.78, 5) is 32.0. The van der Waals surface area contributed by atoms with E-state index in [4.69, 9.17) is 24.2 Å². The number of benzene rings is 2. The first kappa shape index (κ1) is 30.4. The van der Waals surface area contributed by atoms with Crippen molar-refractivity contribution < 1.29 is 19.0 Å². The third-order valence-corrected chi connectivity index (χ3v) is 8.34. The highest BCUT2D eigenvalue weighted by molar-refractivity contribution is 5.76. The van der Waals surface area contributed by atoms with Crippen LogP contribution < -0.4 is 24.4 Å². The molecule has 11 nitrogen and oxygen atoms in total. The van der Waals surface area contributed by atoms with Gasteiger partial charge in [0.05, 0.1) is 12.8 Å². The molecule has 2 aliphatic rings. The van der Waals surface area contributed by atoms with Gasteiger partial charge < -0.3 is 24.4 Å². The molecular weight excluding hydrogens is 570 g/mol. The lowest BCUT2D eigenvalue weighted by Crippen LogP contribution is -2.55. The monoisotopic (exact) mass is 611 g/mol. The summed E-state index contributed by atoms with van der Waals surface area (Å²) in [6, 6.07) is 16.1. The Labute approximate surface area is 264 Å². The second kappa shape index (κ2) is 14.0. The quantitative estimate of drug-likeness (QED) is 0.269. The van der Waals surface area contributed by atoms with E-state index in [-0.39, 0.29) is 17.9 Å². The molecule has 1 N–H and O–H groups in total. The molecule has 1 amide bonds. The van der Waals surface area contributed by atoms with Gasteiger partial charge in [-0.3, -0.25) is 14.3 Å². The lowest BCUT2D eigenvalue weighted by atomic mass is 10.0. The van der Waals surface area contributed by atoms with Crippen molar-refractivity contribution in [2.45, 2.75) is 45.2 Å². The SMILES string of the molecule is COc1ccc(CCN2CCN(c3cc(C(C)C)nc(-n4ccnc4)n3)CC2CC(=O)NCc2ccc3c(c2)OCCO3)cc1. The van der Waals surface area contributed by atoms with Crippen molar-refractivity contribution >= 4 is 11.7 Å². The zero-order valence-electron chi connectivity index (χ0n) is 26.2. The maximum absolute atomic E-state index is 13.4. The topological polar surface area (TPSA) is 107 Å². The molecule has 4 aromatic rings. The first-order valence-corrected chi connectivity index (χ1v) is 15.6. The highest BCUT2D eigenvalue weighted by Crippen LogP contribution is 2.31. The van der Waals surface area contributed by atoms with Crippen LogP contribution in [0.25, 0.3) is 5.95 Å². The van der Waals surface area contributed by atoms with Crippen LogP contribution in [0.15, 0.2) is 67.3 Å². The van der Waals surface area contributed by atoms with E-state index in [1.807, 2.05) is 41.1 Å². The Bertz CT molecular complexity index is 1580. The summed E-state index contributed by atoms with van der Waals surface area (Å²) in [5.74, 6) is 4.03. The Morgan fingerprint density at radius 2 is 1.82 bits per heavy atom. The van der Waals surface area contributed by atoms with E-state index in [2.05, 4.69) is 52.1 Å². The van der Waals surface area contributed by atoms with Crippen molar-refractivity contribution in [1.82, 2.24) is 29.7 Å². The third kappa shape index (κ3) is 7.54. The number of ether oxygens (including phenoxy) is 3. The third-order valence-electron chi connectivity index (χ3n) is 8.34. The number of carbonyl (C=O) groups excluding carboxylic acids is 1. The minimum Gasteiger partial charge on any atom is -0.497 e. The van der Waals surface area contributed by atoms with E-state index < -0.39 is 0 Å². The Hall–Kier alpha value is -4.64. The van der Waals surface area contributed by atoms with E-state index in [1.54, 1.807) is 19.6 Å². The van der Waals surface area contributed by atoms with Crippen LogP contribution in [0.4, 0.5) is 5.82 Å². The number of anilines is 1. The summed E-state index contributed by atoms with van der Waals surface area (Å²) in [6.07, 6.45) is 6.56. The van der Waals surface area contributed by atoms with Gasteiger partial charge in [-0.1, -0.05) is 32.0 Å². The summed E-state index contributed by atoms with van der Waals surface area (Å²) in [7, 11) is 1.68. The molecule has 11 heteroatoms. The highest BCUT2D eigenvalue weighted by atomic mass is 16.6. The molecule has 1 saturated heterocycles. The predicted molar refractivity (Wildman–Crippen MR) is 171 cm³/mol. The number of fused-ring (bicyclic) bond motifs is 1. The maximum Gasteiger partial charge on any atom is 0.237 e. The number of nitrogens with one attached hydrogen (secondary N) is 1. The molecule has 1 unspecified atom stereocenters. The molecule has 0 aliphatic carbocycles.